The third-order valence-corrected chi connectivity index (χ3v) is 8.44. The summed E-state index contributed by atoms with van der Waals surface area (Å²) in [5, 5.41) is 3.90. The molecular formula is C19H18BrCl3N2O3S. The lowest BCUT2D eigenvalue weighted by Gasteiger charge is -2.31. The maximum absolute atomic E-state index is 12.9. The Morgan fingerprint density at radius 1 is 1.14 bits per heavy atom. The largest absolute Gasteiger partial charge is 0.326 e. The van der Waals surface area contributed by atoms with Crippen LogP contribution in [0.25, 0.3) is 0 Å². The average molecular weight is 541 g/mol. The molecule has 0 saturated carbocycles. The number of piperidine rings is 1. The van der Waals surface area contributed by atoms with Crippen LogP contribution in [-0.2, 0) is 20.6 Å². The Kier molecular flexibility index (Phi) is 7.51. The molecule has 1 amide bonds. The molecule has 0 radical (unpaired) electrons. The zero-order chi connectivity index (χ0) is 21.2. The lowest BCUT2D eigenvalue weighted by Crippen LogP contribution is -2.44. The molecule has 0 bridgehead atoms. The highest BCUT2D eigenvalue weighted by molar-refractivity contribution is 9.10. The van der Waals surface area contributed by atoms with Gasteiger partial charge in [-0.1, -0.05) is 40.9 Å². The Balaban J connectivity index is 1.70. The number of nitrogens with zero attached hydrogens (tertiary/aromatic N) is 1. The second-order valence-electron chi connectivity index (χ2n) is 6.77. The van der Waals surface area contributed by atoms with E-state index in [0.717, 1.165) is 4.47 Å². The maximum atomic E-state index is 12.9. The van der Waals surface area contributed by atoms with Gasteiger partial charge in [0.2, 0.25) is 15.9 Å². The predicted octanol–water partition coefficient (Wildman–Crippen LogP) is 5.59. The van der Waals surface area contributed by atoms with Crippen molar-refractivity contribution in [3.63, 3.8) is 0 Å². The average Bonchev–Trinajstić information content (AvgIpc) is 2.68. The summed E-state index contributed by atoms with van der Waals surface area (Å²) in [6, 6.07) is 9.98. The SMILES string of the molecule is O=C(Nc1ccc(Br)c(Cl)c1)C1CCCN(S(=O)(=O)Cc2c(Cl)cccc2Cl)C1. The van der Waals surface area contributed by atoms with Crippen molar-refractivity contribution in [1.29, 1.82) is 0 Å². The van der Waals surface area contributed by atoms with E-state index in [4.69, 9.17) is 34.8 Å². The second-order valence-corrected chi connectivity index (χ2v) is 10.8. The first-order valence-electron chi connectivity index (χ1n) is 8.84. The van der Waals surface area contributed by atoms with Crippen molar-refractivity contribution >= 4 is 72.4 Å². The number of carbonyl (C=O) groups is 1. The monoisotopic (exact) mass is 538 g/mol. The van der Waals surface area contributed by atoms with Gasteiger partial charge in [-0.05, 0) is 59.1 Å². The third kappa shape index (κ3) is 5.66. The molecule has 1 unspecified atom stereocenters. The number of benzene rings is 2. The number of anilines is 1. The van der Waals surface area contributed by atoms with E-state index < -0.39 is 15.9 Å². The standard InChI is InChI=1S/C19H18BrCl3N2O3S/c20-15-7-6-13(9-18(15)23)24-19(26)12-3-2-8-25(10-12)29(27,28)11-14-16(21)4-1-5-17(14)22/h1,4-7,9,12H,2-3,8,10-11H2,(H,24,26). The number of rotatable bonds is 5. The van der Waals surface area contributed by atoms with E-state index in [1.807, 2.05) is 0 Å². The van der Waals surface area contributed by atoms with Crippen molar-refractivity contribution in [3.05, 3.63) is 61.5 Å². The smallest absolute Gasteiger partial charge is 0.228 e. The molecule has 1 N–H and O–H groups in total. The maximum Gasteiger partial charge on any atom is 0.228 e. The van der Waals surface area contributed by atoms with Crippen molar-refractivity contribution in [2.24, 2.45) is 5.92 Å². The fraction of sp³-hybridized carbons (Fsp3) is 0.316. The summed E-state index contributed by atoms with van der Waals surface area (Å²) in [6.45, 7) is 0.471. The molecule has 0 aromatic heterocycles. The number of hydrogen-bond acceptors (Lipinski definition) is 3. The lowest BCUT2D eigenvalue weighted by molar-refractivity contribution is -0.120. The van der Waals surface area contributed by atoms with Gasteiger partial charge in [0.15, 0.2) is 0 Å². The highest BCUT2D eigenvalue weighted by atomic mass is 79.9. The summed E-state index contributed by atoms with van der Waals surface area (Å²) < 4.78 is 27.9. The Morgan fingerprint density at radius 3 is 2.48 bits per heavy atom. The van der Waals surface area contributed by atoms with Crippen LogP contribution in [0.1, 0.15) is 18.4 Å². The van der Waals surface area contributed by atoms with Gasteiger partial charge in [-0.2, -0.15) is 0 Å². The molecule has 0 spiro atoms. The Hall–Kier alpha value is -0.830. The summed E-state index contributed by atoms with van der Waals surface area (Å²) in [5.74, 6) is -0.996. The first-order chi connectivity index (χ1) is 13.7. The summed E-state index contributed by atoms with van der Waals surface area (Å²) in [4.78, 5) is 12.7. The van der Waals surface area contributed by atoms with Crippen molar-refractivity contribution in [1.82, 2.24) is 4.31 Å². The van der Waals surface area contributed by atoms with Gasteiger partial charge in [0.1, 0.15) is 0 Å². The zero-order valence-corrected chi connectivity index (χ0v) is 19.8. The first kappa shape index (κ1) is 22.8. The molecule has 2 aromatic carbocycles. The molecule has 10 heteroatoms. The van der Waals surface area contributed by atoms with Gasteiger partial charge in [-0.25, -0.2) is 12.7 Å². The van der Waals surface area contributed by atoms with Crippen LogP contribution in [0.5, 0.6) is 0 Å². The first-order valence-corrected chi connectivity index (χ1v) is 12.4. The number of nitrogens with one attached hydrogen (secondary N) is 1. The predicted molar refractivity (Wildman–Crippen MR) is 121 cm³/mol. The van der Waals surface area contributed by atoms with Crippen LogP contribution in [0.3, 0.4) is 0 Å². The molecule has 3 rings (SSSR count). The minimum absolute atomic E-state index is 0.112. The van der Waals surface area contributed by atoms with Crippen LogP contribution in [0.4, 0.5) is 5.69 Å². The molecule has 1 heterocycles. The molecule has 1 aliphatic rings. The minimum atomic E-state index is -3.68. The van der Waals surface area contributed by atoms with E-state index in [0.29, 0.717) is 45.7 Å². The topological polar surface area (TPSA) is 66.5 Å². The Morgan fingerprint density at radius 2 is 1.83 bits per heavy atom. The molecule has 156 valence electrons. The van der Waals surface area contributed by atoms with Crippen molar-refractivity contribution in [2.75, 3.05) is 18.4 Å². The van der Waals surface area contributed by atoms with E-state index in [-0.39, 0.29) is 18.2 Å². The summed E-state index contributed by atoms with van der Waals surface area (Å²) in [6.07, 6.45) is 1.20. The van der Waals surface area contributed by atoms with E-state index in [1.54, 1.807) is 36.4 Å². The fourth-order valence-corrected chi connectivity index (χ4v) is 5.96. The van der Waals surface area contributed by atoms with Crippen LogP contribution < -0.4 is 5.32 Å². The van der Waals surface area contributed by atoms with E-state index in [9.17, 15) is 13.2 Å². The van der Waals surface area contributed by atoms with Crippen molar-refractivity contribution < 1.29 is 13.2 Å². The van der Waals surface area contributed by atoms with Gasteiger partial charge >= 0.3 is 0 Å². The highest BCUT2D eigenvalue weighted by Gasteiger charge is 2.33. The minimum Gasteiger partial charge on any atom is -0.326 e. The Labute approximate surface area is 193 Å². The second kappa shape index (κ2) is 9.54. The summed E-state index contributed by atoms with van der Waals surface area (Å²) in [7, 11) is -3.68. The molecule has 1 aliphatic heterocycles. The van der Waals surface area contributed by atoms with Crippen molar-refractivity contribution in [2.45, 2.75) is 18.6 Å². The summed E-state index contributed by atoms with van der Waals surface area (Å²) >= 11 is 21.6. The Bertz CT molecular complexity index is 1010. The van der Waals surface area contributed by atoms with Crippen LogP contribution in [0, 0.1) is 5.92 Å². The normalized spacial score (nSPS) is 17.9. The van der Waals surface area contributed by atoms with Crippen LogP contribution in [0.2, 0.25) is 15.1 Å². The lowest BCUT2D eigenvalue weighted by atomic mass is 9.99. The van der Waals surface area contributed by atoms with Gasteiger partial charge in [-0.3, -0.25) is 4.79 Å². The summed E-state index contributed by atoms with van der Waals surface area (Å²) in [5.41, 5.74) is 0.929. The number of hydrogen-bond donors (Lipinski definition) is 1. The van der Waals surface area contributed by atoms with E-state index >= 15 is 0 Å². The third-order valence-electron chi connectivity index (χ3n) is 4.72. The molecule has 5 nitrogen and oxygen atoms in total. The molecule has 1 saturated heterocycles. The quantitative estimate of drug-likeness (QED) is 0.538. The molecule has 2 aromatic rings. The molecule has 1 atom stereocenters. The zero-order valence-electron chi connectivity index (χ0n) is 15.2. The molecule has 29 heavy (non-hydrogen) atoms. The van der Waals surface area contributed by atoms with Crippen LogP contribution in [0.15, 0.2) is 40.9 Å². The van der Waals surface area contributed by atoms with E-state index in [2.05, 4.69) is 21.2 Å². The van der Waals surface area contributed by atoms with Gasteiger partial charge in [0, 0.05) is 38.9 Å². The number of carbonyl (C=O) groups excluding carboxylic acids is 1. The van der Waals surface area contributed by atoms with Crippen LogP contribution in [-0.4, -0.2) is 31.7 Å². The molecular weight excluding hydrogens is 523 g/mol. The van der Waals surface area contributed by atoms with Gasteiger partial charge in [0.25, 0.3) is 0 Å². The molecule has 0 aliphatic carbocycles. The number of sulfonamides is 1. The fourth-order valence-electron chi connectivity index (χ4n) is 3.17. The molecule has 1 fully saturated rings. The van der Waals surface area contributed by atoms with Gasteiger partial charge in [-0.15, -0.1) is 0 Å². The highest BCUT2D eigenvalue weighted by Crippen LogP contribution is 2.30. The van der Waals surface area contributed by atoms with Gasteiger partial charge in [0.05, 0.1) is 16.7 Å². The van der Waals surface area contributed by atoms with Crippen molar-refractivity contribution in [3.8, 4) is 0 Å². The van der Waals surface area contributed by atoms with Gasteiger partial charge < -0.3 is 5.32 Å². The number of halogens is 4. The number of amides is 1. The van der Waals surface area contributed by atoms with E-state index in [1.165, 1.54) is 4.31 Å². The van der Waals surface area contributed by atoms with Crippen LogP contribution >= 0.6 is 50.7 Å².